The summed E-state index contributed by atoms with van der Waals surface area (Å²) in [6, 6.07) is 14.2. The Kier molecular flexibility index (Phi) is 3.54. The third-order valence-corrected chi connectivity index (χ3v) is 4.18. The summed E-state index contributed by atoms with van der Waals surface area (Å²) >= 11 is 0. The zero-order chi connectivity index (χ0) is 16.5. The molecule has 0 fully saturated rings. The summed E-state index contributed by atoms with van der Waals surface area (Å²) < 4.78 is 13.2. The molecule has 120 valence electrons. The molecule has 0 bridgehead atoms. The minimum absolute atomic E-state index is 0.188. The molecule has 0 unspecified atom stereocenters. The number of carbonyl (C=O) groups is 1. The number of aromatic amines is 2. The summed E-state index contributed by atoms with van der Waals surface area (Å²) in [5.41, 5.74) is 3.33. The Morgan fingerprint density at radius 2 is 1.96 bits per heavy atom. The number of fused-ring (bicyclic) bond motifs is 2. The second-order valence-electron chi connectivity index (χ2n) is 5.78. The highest BCUT2D eigenvalue weighted by molar-refractivity contribution is 5.98. The summed E-state index contributed by atoms with van der Waals surface area (Å²) in [5, 5.41) is 4.89. The Labute approximate surface area is 137 Å². The molecule has 0 atom stereocenters. The molecular formula is C19H16FN3O. The summed E-state index contributed by atoms with van der Waals surface area (Å²) in [6.45, 7) is 0.532. The lowest BCUT2D eigenvalue weighted by atomic mass is 10.1. The van der Waals surface area contributed by atoms with Gasteiger partial charge in [-0.1, -0.05) is 18.2 Å². The van der Waals surface area contributed by atoms with E-state index in [1.165, 1.54) is 23.1 Å². The highest BCUT2D eigenvalue weighted by atomic mass is 19.1. The van der Waals surface area contributed by atoms with Crippen molar-refractivity contribution in [3.63, 3.8) is 0 Å². The first-order valence-corrected chi connectivity index (χ1v) is 7.82. The number of nitrogens with one attached hydrogen (secondary N) is 3. The number of amides is 1. The minimum atomic E-state index is -0.323. The van der Waals surface area contributed by atoms with Crippen LogP contribution in [0.25, 0.3) is 21.8 Å². The van der Waals surface area contributed by atoms with E-state index in [2.05, 4.69) is 21.4 Å². The summed E-state index contributed by atoms with van der Waals surface area (Å²) in [5.74, 6) is -0.512. The van der Waals surface area contributed by atoms with Gasteiger partial charge in [0, 0.05) is 34.5 Å². The fourth-order valence-electron chi connectivity index (χ4n) is 2.97. The largest absolute Gasteiger partial charge is 0.361 e. The average molecular weight is 321 g/mol. The molecule has 0 saturated heterocycles. The third kappa shape index (κ3) is 2.65. The Bertz CT molecular complexity index is 1030. The van der Waals surface area contributed by atoms with Gasteiger partial charge in [0.2, 0.25) is 0 Å². The van der Waals surface area contributed by atoms with Gasteiger partial charge in [-0.15, -0.1) is 0 Å². The van der Waals surface area contributed by atoms with Crippen LogP contribution in [0.3, 0.4) is 0 Å². The van der Waals surface area contributed by atoms with Gasteiger partial charge in [0.1, 0.15) is 11.5 Å². The highest BCUT2D eigenvalue weighted by Gasteiger charge is 2.10. The van der Waals surface area contributed by atoms with Crippen molar-refractivity contribution < 1.29 is 9.18 Å². The van der Waals surface area contributed by atoms with Gasteiger partial charge in [-0.2, -0.15) is 0 Å². The van der Waals surface area contributed by atoms with Crippen molar-refractivity contribution >= 4 is 27.7 Å². The van der Waals surface area contributed by atoms with Crippen molar-refractivity contribution in [2.75, 3.05) is 6.54 Å². The molecule has 0 aliphatic heterocycles. The van der Waals surface area contributed by atoms with Gasteiger partial charge in [0.05, 0.1) is 0 Å². The van der Waals surface area contributed by atoms with Crippen LogP contribution < -0.4 is 5.32 Å². The first kappa shape index (κ1) is 14.5. The van der Waals surface area contributed by atoms with Crippen LogP contribution >= 0.6 is 0 Å². The molecule has 0 spiro atoms. The number of carbonyl (C=O) groups excluding carboxylic acids is 1. The zero-order valence-corrected chi connectivity index (χ0v) is 12.9. The molecule has 5 heteroatoms. The number of H-pyrrole nitrogens is 2. The summed E-state index contributed by atoms with van der Waals surface area (Å²) in [4.78, 5) is 18.4. The van der Waals surface area contributed by atoms with Crippen molar-refractivity contribution in [2.45, 2.75) is 6.42 Å². The lowest BCUT2D eigenvalue weighted by Gasteiger charge is -2.03. The van der Waals surface area contributed by atoms with E-state index in [4.69, 9.17) is 0 Å². The third-order valence-electron chi connectivity index (χ3n) is 4.18. The number of hydrogen-bond acceptors (Lipinski definition) is 1. The molecule has 24 heavy (non-hydrogen) atoms. The van der Waals surface area contributed by atoms with Gasteiger partial charge in [0.25, 0.3) is 5.91 Å². The standard InChI is InChI=1S/C19H16FN3O/c20-14-6-5-12-9-18(23-17(12)10-14)19(24)21-8-7-13-11-22-16-4-2-1-3-15(13)16/h1-6,9-11,22-23H,7-8H2,(H,21,24). The first-order valence-electron chi connectivity index (χ1n) is 7.82. The van der Waals surface area contributed by atoms with Gasteiger partial charge < -0.3 is 15.3 Å². The number of halogens is 1. The van der Waals surface area contributed by atoms with Crippen LogP contribution in [0.2, 0.25) is 0 Å². The fraction of sp³-hybridized carbons (Fsp3) is 0.105. The van der Waals surface area contributed by atoms with Crippen LogP contribution in [-0.4, -0.2) is 22.4 Å². The number of para-hydroxylation sites is 1. The predicted molar refractivity (Wildman–Crippen MR) is 92.6 cm³/mol. The molecule has 0 aliphatic carbocycles. The van der Waals surface area contributed by atoms with E-state index in [9.17, 15) is 9.18 Å². The monoisotopic (exact) mass is 321 g/mol. The van der Waals surface area contributed by atoms with Gasteiger partial charge in [-0.3, -0.25) is 4.79 Å². The Hall–Kier alpha value is -3.08. The normalized spacial score (nSPS) is 11.2. The quantitative estimate of drug-likeness (QED) is 0.526. The second-order valence-corrected chi connectivity index (χ2v) is 5.78. The van der Waals surface area contributed by atoms with Crippen LogP contribution in [0.5, 0.6) is 0 Å². The van der Waals surface area contributed by atoms with Crippen LogP contribution in [-0.2, 0) is 6.42 Å². The van der Waals surface area contributed by atoms with E-state index in [1.54, 1.807) is 12.1 Å². The second kappa shape index (κ2) is 5.85. The number of hydrogen-bond donors (Lipinski definition) is 3. The summed E-state index contributed by atoms with van der Waals surface area (Å²) in [6.07, 6.45) is 2.72. The lowest BCUT2D eigenvalue weighted by molar-refractivity contribution is 0.0950. The van der Waals surface area contributed by atoms with Gasteiger partial charge in [-0.25, -0.2) is 4.39 Å². The van der Waals surface area contributed by atoms with Crippen molar-refractivity contribution in [1.82, 2.24) is 15.3 Å². The Morgan fingerprint density at radius 3 is 2.88 bits per heavy atom. The average Bonchev–Trinajstić information content (AvgIpc) is 3.18. The molecule has 0 radical (unpaired) electrons. The van der Waals surface area contributed by atoms with E-state index in [0.29, 0.717) is 17.8 Å². The maximum atomic E-state index is 13.2. The molecule has 0 saturated carbocycles. The topological polar surface area (TPSA) is 60.7 Å². The molecule has 4 rings (SSSR count). The minimum Gasteiger partial charge on any atom is -0.361 e. The van der Waals surface area contributed by atoms with Crippen LogP contribution in [0.4, 0.5) is 4.39 Å². The Morgan fingerprint density at radius 1 is 1.08 bits per heavy atom. The van der Waals surface area contributed by atoms with E-state index in [1.807, 2.05) is 24.4 Å². The first-order chi connectivity index (χ1) is 11.7. The molecule has 0 aliphatic rings. The molecule has 3 N–H and O–H groups in total. The molecule has 2 aromatic heterocycles. The van der Waals surface area contributed by atoms with E-state index in [0.717, 1.165) is 17.3 Å². The molecule has 1 amide bonds. The number of aromatic nitrogens is 2. The molecular weight excluding hydrogens is 305 g/mol. The van der Waals surface area contributed by atoms with Gasteiger partial charge in [0.15, 0.2) is 0 Å². The number of benzene rings is 2. The highest BCUT2D eigenvalue weighted by Crippen LogP contribution is 2.18. The van der Waals surface area contributed by atoms with Crippen molar-refractivity contribution in [2.24, 2.45) is 0 Å². The van der Waals surface area contributed by atoms with Crippen LogP contribution in [0, 0.1) is 5.82 Å². The van der Waals surface area contributed by atoms with E-state index < -0.39 is 0 Å². The molecule has 4 nitrogen and oxygen atoms in total. The molecule has 2 aromatic carbocycles. The SMILES string of the molecule is O=C(NCCc1c[nH]c2ccccc12)c1cc2ccc(F)cc2[nH]1. The lowest BCUT2D eigenvalue weighted by Crippen LogP contribution is -2.25. The Balaban J connectivity index is 1.44. The van der Waals surface area contributed by atoms with E-state index in [-0.39, 0.29) is 11.7 Å². The van der Waals surface area contributed by atoms with E-state index >= 15 is 0 Å². The molecule has 4 aromatic rings. The summed E-state index contributed by atoms with van der Waals surface area (Å²) in [7, 11) is 0. The maximum Gasteiger partial charge on any atom is 0.267 e. The van der Waals surface area contributed by atoms with Crippen molar-refractivity contribution in [1.29, 1.82) is 0 Å². The predicted octanol–water partition coefficient (Wildman–Crippen LogP) is 3.76. The van der Waals surface area contributed by atoms with Crippen LogP contribution in [0.15, 0.2) is 54.7 Å². The zero-order valence-electron chi connectivity index (χ0n) is 12.9. The van der Waals surface area contributed by atoms with Gasteiger partial charge in [-0.05, 0) is 42.3 Å². The molecule has 2 heterocycles. The fourth-order valence-corrected chi connectivity index (χ4v) is 2.97. The smallest absolute Gasteiger partial charge is 0.267 e. The number of rotatable bonds is 4. The maximum absolute atomic E-state index is 13.2. The van der Waals surface area contributed by atoms with Crippen LogP contribution in [0.1, 0.15) is 16.1 Å². The van der Waals surface area contributed by atoms with Crippen molar-refractivity contribution in [3.05, 3.63) is 71.8 Å². The van der Waals surface area contributed by atoms with Gasteiger partial charge >= 0.3 is 0 Å². The van der Waals surface area contributed by atoms with Crippen molar-refractivity contribution in [3.8, 4) is 0 Å².